The molecule has 7 N–H and O–H groups in total. The van der Waals surface area contributed by atoms with Gasteiger partial charge in [-0.3, -0.25) is 23.7 Å². The highest BCUT2D eigenvalue weighted by atomic mass is 31.1. The molecule has 3 aliphatic heterocycles. The first kappa shape index (κ1) is 27.5. The summed E-state index contributed by atoms with van der Waals surface area (Å²) >= 11 is 0. The number of fused-ring (bicyclic) bond motifs is 3. The Morgan fingerprint density at radius 3 is 2.60 bits per heavy atom. The van der Waals surface area contributed by atoms with Gasteiger partial charge in [0.25, 0.3) is 11.1 Å². The van der Waals surface area contributed by atoms with Crippen molar-refractivity contribution in [3.63, 3.8) is 0 Å². The van der Waals surface area contributed by atoms with Crippen LogP contribution in [0.15, 0.2) is 28.6 Å². The monoisotopic (exact) mass is 607 g/mol. The Labute approximate surface area is 235 Å². The molecule has 3 fully saturated rings. The molecule has 0 aromatic carbocycles. The van der Waals surface area contributed by atoms with Crippen LogP contribution in [0.2, 0.25) is 0 Å². The summed E-state index contributed by atoms with van der Waals surface area (Å²) in [5.74, 6) is -0.819. The summed E-state index contributed by atoms with van der Waals surface area (Å²) in [4.78, 5) is 45.1. The summed E-state index contributed by atoms with van der Waals surface area (Å²) in [7, 11) is -0.200. The van der Waals surface area contributed by atoms with Gasteiger partial charge in [0.15, 0.2) is 46.5 Å². The topological polar surface area (TPSA) is 242 Å². The fourth-order valence-electron chi connectivity index (χ4n) is 5.90. The van der Waals surface area contributed by atoms with Crippen LogP contribution in [0.5, 0.6) is 0 Å². The quantitative estimate of drug-likeness (QED) is 0.136. The van der Waals surface area contributed by atoms with E-state index in [0.717, 1.165) is 0 Å². The molecule has 0 saturated carbocycles. The van der Waals surface area contributed by atoms with Crippen LogP contribution in [0.25, 0.3) is 22.3 Å². The highest BCUT2D eigenvalue weighted by molar-refractivity contribution is 7.39. The number of aliphatic hydroxyl groups is 3. The predicted molar refractivity (Wildman–Crippen MR) is 142 cm³/mol. The number of halogens is 1. The largest absolute Gasteiger partial charge is 0.388 e. The number of imidazole rings is 2. The van der Waals surface area contributed by atoms with Gasteiger partial charge in [-0.1, -0.05) is 8.58 Å². The zero-order chi connectivity index (χ0) is 29.3. The van der Waals surface area contributed by atoms with Crippen LogP contribution in [0, 0.1) is 5.92 Å². The van der Waals surface area contributed by atoms with E-state index in [1.165, 1.54) is 28.1 Å². The summed E-state index contributed by atoms with van der Waals surface area (Å²) < 4.78 is 35.9. The number of nitrogens with two attached hydrogens (primary N) is 1. The van der Waals surface area contributed by atoms with Gasteiger partial charge in [-0.05, 0) is 12.6 Å². The van der Waals surface area contributed by atoms with Crippen molar-refractivity contribution < 1.29 is 33.9 Å². The highest BCUT2D eigenvalue weighted by Gasteiger charge is 2.53. The number of hydrogen-bond donors (Lipinski definition) is 6. The highest BCUT2D eigenvalue weighted by Crippen LogP contribution is 2.49. The Morgan fingerprint density at radius 2 is 1.81 bits per heavy atom. The molecule has 4 aromatic rings. The lowest BCUT2D eigenvalue weighted by molar-refractivity contribution is -0.202. The van der Waals surface area contributed by atoms with E-state index in [0.29, 0.717) is 6.16 Å². The van der Waals surface area contributed by atoms with Gasteiger partial charge < -0.3 is 40.2 Å². The fourth-order valence-corrected chi connectivity index (χ4v) is 7.29. The van der Waals surface area contributed by atoms with Gasteiger partial charge >= 0.3 is 0 Å². The van der Waals surface area contributed by atoms with Gasteiger partial charge in [0.1, 0.15) is 12.2 Å². The van der Waals surface area contributed by atoms with Gasteiger partial charge in [-0.15, -0.1) is 0 Å². The number of H-pyrrole nitrogens is 2. The third-order valence-corrected chi connectivity index (χ3v) is 9.44. The van der Waals surface area contributed by atoms with E-state index in [-0.39, 0.29) is 56.3 Å². The number of rotatable bonds is 6. The molecule has 0 radical (unpaired) electrons. The van der Waals surface area contributed by atoms with Gasteiger partial charge in [0.2, 0.25) is 5.95 Å². The molecule has 0 spiro atoms. The van der Waals surface area contributed by atoms with Gasteiger partial charge in [-0.25, -0.2) is 19.3 Å². The van der Waals surface area contributed by atoms with Crippen LogP contribution >= 0.6 is 8.58 Å². The molecule has 42 heavy (non-hydrogen) atoms. The van der Waals surface area contributed by atoms with Crippen LogP contribution in [0.1, 0.15) is 25.3 Å². The second-order valence-corrected chi connectivity index (χ2v) is 12.2. The number of aliphatic hydroxyl groups excluding tert-OH is 2. The maximum Gasteiger partial charge on any atom is 0.280 e. The van der Waals surface area contributed by atoms with E-state index in [2.05, 4.69) is 29.9 Å². The normalized spacial score (nSPS) is 35.1. The lowest BCUT2D eigenvalue weighted by Crippen LogP contribution is -2.44. The summed E-state index contributed by atoms with van der Waals surface area (Å²) in [6.07, 6.45) is -3.40. The first-order valence-electron chi connectivity index (χ1n) is 13.2. The van der Waals surface area contributed by atoms with E-state index in [1.807, 2.05) is 0 Å². The van der Waals surface area contributed by atoms with Crippen molar-refractivity contribution in [2.24, 2.45) is 5.92 Å². The minimum absolute atomic E-state index is 0.00448. The number of hydrogen-bond acceptors (Lipinski definition) is 13. The minimum Gasteiger partial charge on any atom is -0.388 e. The van der Waals surface area contributed by atoms with Crippen LogP contribution < -0.4 is 16.9 Å². The van der Waals surface area contributed by atoms with Crippen molar-refractivity contribution in [1.29, 1.82) is 0 Å². The average molecular weight is 607 g/mol. The SMILES string of the molecule is Nc1nc2c(ncn2[C@@H]2O[C@H](CCPC3(O)C[C@H]4[C@H](F)[C@H](n5cnc6c(=O)[nH]cnc65)O[C@@H]4CO3)[C@@H](O)[C@H]2O)c(=O)[nH]1. The predicted octanol–water partition coefficient (Wildman–Crippen LogP) is -1.56. The Morgan fingerprint density at radius 1 is 1.07 bits per heavy atom. The second-order valence-electron chi connectivity index (χ2n) is 10.6. The smallest absolute Gasteiger partial charge is 0.280 e. The van der Waals surface area contributed by atoms with Crippen LogP contribution in [0.4, 0.5) is 10.3 Å². The molecule has 0 amide bonds. The summed E-state index contributed by atoms with van der Waals surface area (Å²) in [5, 5.41) is 32.6. The molecule has 7 rings (SSSR count). The molecule has 4 aromatic heterocycles. The molecule has 19 heteroatoms. The number of nitrogens with one attached hydrogen (secondary N) is 2. The molecule has 2 unspecified atom stereocenters. The Hall–Kier alpha value is -3.38. The van der Waals surface area contributed by atoms with E-state index < -0.39 is 65.6 Å². The maximum atomic E-state index is 15.7. The second kappa shape index (κ2) is 10.1. The van der Waals surface area contributed by atoms with Crippen molar-refractivity contribution in [3.8, 4) is 0 Å². The maximum absolute atomic E-state index is 15.7. The third-order valence-electron chi connectivity index (χ3n) is 8.00. The van der Waals surface area contributed by atoms with Crippen LogP contribution in [0.3, 0.4) is 0 Å². The zero-order valence-corrected chi connectivity index (χ0v) is 22.7. The number of alkyl halides is 1. The fraction of sp³-hybridized carbons (Fsp3) is 0.565. The molecule has 0 bridgehead atoms. The van der Waals surface area contributed by atoms with E-state index in [9.17, 15) is 24.9 Å². The van der Waals surface area contributed by atoms with Crippen molar-refractivity contribution in [2.75, 3.05) is 18.5 Å². The van der Waals surface area contributed by atoms with Crippen molar-refractivity contribution in [2.45, 2.75) is 61.4 Å². The van der Waals surface area contributed by atoms with Crippen molar-refractivity contribution in [3.05, 3.63) is 39.7 Å². The standard InChI is InChI=1S/C23H27FN9O8P/c24-11-8-3-23(38,39-4-10(8)41-20(11)32-6-28-12-16(32)26-5-27-18(12)36)42-2-1-9-14(34)15(35)21(40-9)33-7-29-13-17(33)30-22(25)31-19(13)37/h5-11,14-15,20-21,34-35,38,42H,1-4H2,(H,26,27,36)(H3,25,30,31,37)/t8-,9-,10-,11+,14-,15-,20-,21-,23?/m1/s1. The van der Waals surface area contributed by atoms with E-state index >= 15 is 4.39 Å². The van der Waals surface area contributed by atoms with Crippen LogP contribution in [-0.4, -0.2) is 103 Å². The first-order chi connectivity index (χ1) is 20.1. The van der Waals surface area contributed by atoms with Gasteiger partial charge in [0.05, 0.1) is 37.8 Å². The molecule has 7 heterocycles. The lowest BCUT2D eigenvalue weighted by atomic mass is 9.93. The molecule has 17 nitrogen and oxygen atoms in total. The summed E-state index contributed by atoms with van der Waals surface area (Å²) in [6, 6.07) is 0. The van der Waals surface area contributed by atoms with Crippen molar-refractivity contribution in [1.82, 2.24) is 39.0 Å². The molecule has 3 aliphatic rings. The number of aromatic nitrogens is 8. The average Bonchev–Trinajstić information content (AvgIpc) is 3.71. The Kier molecular flexibility index (Phi) is 6.61. The number of aromatic amines is 2. The van der Waals surface area contributed by atoms with Gasteiger partial charge in [0, 0.05) is 12.3 Å². The molecule has 10 atom stereocenters. The molecule has 3 saturated heterocycles. The Balaban J connectivity index is 0.997. The summed E-state index contributed by atoms with van der Waals surface area (Å²) in [5.41, 5.74) is 3.37. The van der Waals surface area contributed by atoms with Crippen LogP contribution in [-0.2, 0) is 14.2 Å². The molecular formula is C23H27FN9O8P. The summed E-state index contributed by atoms with van der Waals surface area (Å²) in [6.45, 7) is -0.0436. The lowest BCUT2D eigenvalue weighted by Gasteiger charge is -2.38. The third kappa shape index (κ3) is 4.41. The number of nitrogen functional groups attached to an aromatic ring is 1. The minimum atomic E-state index is -1.62. The van der Waals surface area contributed by atoms with E-state index in [4.69, 9.17) is 19.9 Å². The molecule has 224 valence electrons. The molecular weight excluding hydrogens is 580 g/mol. The molecule has 0 aliphatic carbocycles. The van der Waals surface area contributed by atoms with Gasteiger partial charge in [-0.2, -0.15) is 4.98 Å². The number of nitrogens with zero attached hydrogens (tertiary/aromatic N) is 6. The zero-order valence-electron chi connectivity index (χ0n) is 21.7. The van der Waals surface area contributed by atoms with E-state index in [1.54, 1.807) is 0 Å². The number of anilines is 1. The first-order valence-corrected chi connectivity index (χ1v) is 14.4. The number of ether oxygens (including phenoxy) is 3. The Bertz CT molecular complexity index is 1760. The van der Waals surface area contributed by atoms with Crippen molar-refractivity contribution >= 4 is 36.9 Å².